The molecule has 9 nitrogen and oxygen atoms in total. The summed E-state index contributed by atoms with van der Waals surface area (Å²) in [5.41, 5.74) is 0.285. The zero-order valence-corrected chi connectivity index (χ0v) is 15.3. The number of anilines is 1. The number of aliphatic carboxylic acids is 1. The number of hydrogen-bond acceptors (Lipinski definition) is 7. The third kappa shape index (κ3) is 5.16. The number of carboxylic acid groups (broad SMARTS) is 1. The molecule has 0 bridgehead atoms. The van der Waals surface area contributed by atoms with Gasteiger partial charge in [0, 0.05) is 52.5 Å². The minimum atomic E-state index is -0.814. The predicted molar refractivity (Wildman–Crippen MR) is 99.1 cm³/mol. The number of aromatic nitrogens is 1. The highest BCUT2D eigenvalue weighted by molar-refractivity contribution is 5.69. The van der Waals surface area contributed by atoms with Crippen LogP contribution in [0.5, 0.6) is 0 Å². The van der Waals surface area contributed by atoms with E-state index in [1.807, 2.05) is 30.9 Å². The molecule has 0 radical (unpaired) electrons. The fourth-order valence-corrected chi connectivity index (χ4v) is 2.99. The average molecular weight is 363 g/mol. The molecule has 26 heavy (non-hydrogen) atoms. The van der Waals surface area contributed by atoms with Crippen LogP contribution in [0, 0.1) is 10.1 Å². The van der Waals surface area contributed by atoms with Gasteiger partial charge in [-0.15, -0.1) is 0 Å². The van der Waals surface area contributed by atoms with Crippen molar-refractivity contribution in [2.75, 3.05) is 45.7 Å². The minimum absolute atomic E-state index is 0.0310. The van der Waals surface area contributed by atoms with Gasteiger partial charge in [-0.3, -0.25) is 19.8 Å². The summed E-state index contributed by atoms with van der Waals surface area (Å²) in [5, 5.41) is 20.1. The van der Waals surface area contributed by atoms with Crippen molar-refractivity contribution in [3.8, 4) is 0 Å². The van der Waals surface area contributed by atoms with E-state index in [1.54, 1.807) is 23.2 Å². The standard InChI is InChI=1S/C17H25N5O4/c1-19(2)9-8-14-15(22(25)26)4-5-16(18-14)20(3)13-6-10-21(11-7-13)12-17(23)24/h4-5,8-9,13H,6-7,10-12H2,1-3H3,(H,23,24)/b9-8+. The van der Waals surface area contributed by atoms with Crippen LogP contribution in [0.25, 0.3) is 6.08 Å². The zero-order valence-electron chi connectivity index (χ0n) is 15.3. The Morgan fingerprint density at radius 3 is 2.58 bits per heavy atom. The first-order valence-corrected chi connectivity index (χ1v) is 8.45. The number of rotatable bonds is 7. The quantitative estimate of drug-likeness (QED) is 0.574. The molecule has 2 heterocycles. The van der Waals surface area contributed by atoms with E-state index in [1.165, 1.54) is 6.07 Å². The second kappa shape index (κ2) is 8.61. The molecular weight excluding hydrogens is 338 g/mol. The van der Waals surface area contributed by atoms with Crippen molar-refractivity contribution in [3.63, 3.8) is 0 Å². The first-order valence-electron chi connectivity index (χ1n) is 8.45. The summed E-state index contributed by atoms with van der Waals surface area (Å²) in [6.45, 7) is 1.48. The van der Waals surface area contributed by atoms with Gasteiger partial charge in [-0.1, -0.05) is 0 Å². The van der Waals surface area contributed by atoms with E-state index < -0.39 is 10.9 Å². The van der Waals surface area contributed by atoms with Gasteiger partial charge in [0.05, 0.1) is 11.5 Å². The summed E-state index contributed by atoms with van der Waals surface area (Å²) < 4.78 is 0. The summed E-state index contributed by atoms with van der Waals surface area (Å²) in [6.07, 6.45) is 5.01. The van der Waals surface area contributed by atoms with E-state index in [9.17, 15) is 14.9 Å². The Balaban J connectivity index is 2.14. The Bertz CT molecular complexity index is 684. The molecule has 0 amide bonds. The number of hydrogen-bond donors (Lipinski definition) is 1. The highest BCUT2D eigenvalue weighted by atomic mass is 16.6. The Labute approximate surface area is 152 Å². The van der Waals surface area contributed by atoms with Gasteiger partial charge in [-0.25, -0.2) is 4.98 Å². The van der Waals surface area contributed by atoms with Crippen LogP contribution in [0.2, 0.25) is 0 Å². The fraction of sp³-hybridized carbons (Fsp3) is 0.529. The molecule has 1 aliphatic heterocycles. The van der Waals surface area contributed by atoms with Gasteiger partial charge in [-0.05, 0) is 25.0 Å². The van der Waals surface area contributed by atoms with Crippen LogP contribution >= 0.6 is 0 Å². The third-order valence-corrected chi connectivity index (χ3v) is 4.44. The van der Waals surface area contributed by atoms with E-state index in [2.05, 4.69) is 4.98 Å². The lowest BCUT2D eigenvalue weighted by atomic mass is 10.0. The lowest BCUT2D eigenvalue weighted by Gasteiger charge is -2.36. The molecule has 0 atom stereocenters. The number of nitrogens with zero attached hydrogens (tertiary/aromatic N) is 5. The highest BCUT2D eigenvalue weighted by Gasteiger charge is 2.25. The molecule has 1 aromatic heterocycles. The van der Waals surface area contributed by atoms with E-state index in [-0.39, 0.29) is 18.3 Å². The maximum atomic E-state index is 11.2. The number of nitro groups is 1. The molecule has 0 unspecified atom stereocenters. The largest absolute Gasteiger partial charge is 0.480 e. The van der Waals surface area contributed by atoms with Crippen molar-refractivity contribution in [3.05, 3.63) is 34.1 Å². The smallest absolute Gasteiger partial charge is 0.317 e. The fourth-order valence-electron chi connectivity index (χ4n) is 2.99. The third-order valence-electron chi connectivity index (χ3n) is 4.44. The maximum Gasteiger partial charge on any atom is 0.317 e. The molecule has 0 aliphatic carbocycles. The Kier molecular flexibility index (Phi) is 6.51. The SMILES string of the molecule is CN(C)/C=C/c1nc(N(C)C2CCN(CC(=O)O)CC2)ccc1[N+](=O)[O-]. The van der Waals surface area contributed by atoms with Crippen LogP contribution < -0.4 is 4.90 Å². The van der Waals surface area contributed by atoms with Gasteiger partial charge in [0.25, 0.3) is 5.69 Å². The van der Waals surface area contributed by atoms with Crippen LogP contribution in [0.15, 0.2) is 18.3 Å². The summed E-state index contributed by atoms with van der Waals surface area (Å²) in [4.78, 5) is 31.8. The van der Waals surface area contributed by atoms with E-state index in [4.69, 9.17) is 5.11 Å². The normalized spacial score (nSPS) is 16.0. The number of pyridine rings is 1. The van der Waals surface area contributed by atoms with Crippen molar-refractivity contribution in [1.29, 1.82) is 0 Å². The zero-order chi connectivity index (χ0) is 19.3. The summed E-state index contributed by atoms with van der Waals surface area (Å²) in [5.74, 6) is -0.142. The van der Waals surface area contributed by atoms with Crippen molar-refractivity contribution >= 4 is 23.6 Å². The number of likely N-dealkylation sites (tertiary alicyclic amines) is 1. The van der Waals surface area contributed by atoms with Crippen LogP contribution in [0.4, 0.5) is 11.5 Å². The second-order valence-corrected chi connectivity index (χ2v) is 6.62. The molecule has 2 rings (SSSR count). The highest BCUT2D eigenvalue weighted by Crippen LogP contribution is 2.25. The van der Waals surface area contributed by atoms with Gasteiger partial charge >= 0.3 is 5.97 Å². The van der Waals surface area contributed by atoms with E-state index in [0.717, 1.165) is 12.8 Å². The molecule has 1 N–H and O–H groups in total. The average Bonchev–Trinajstić information content (AvgIpc) is 2.59. The molecule has 1 aromatic rings. The Morgan fingerprint density at radius 2 is 2.04 bits per heavy atom. The van der Waals surface area contributed by atoms with Crippen LogP contribution in [0.3, 0.4) is 0 Å². The van der Waals surface area contributed by atoms with Crippen molar-refractivity contribution < 1.29 is 14.8 Å². The summed E-state index contributed by atoms with van der Waals surface area (Å²) in [6, 6.07) is 3.36. The number of carbonyl (C=O) groups is 1. The predicted octanol–water partition coefficient (Wildman–Crippen LogP) is 1.51. The first-order chi connectivity index (χ1) is 12.3. The molecule has 9 heteroatoms. The van der Waals surface area contributed by atoms with Crippen molar-refractivity contribution in [2.24, 2.45) is 0 Å². The van der Waals surface area contributed by atoms with Gasteiger partial charge in [-0.2, -0.15) is 0 Å². The van der Waals surface area contributed by atoms with Crippen LogP contribution in [-0.4, -0.2) is 77.6 Å². The molecular formula is C17H25N5O4. The lowest BCUT2D eigenvalue weighted by Crippen LogP contribution is -2.45. The van der Waals surface area contributed by atoms with Crippen LogP contribution in [0.1, 0.15) is 18.5 Å². The topological polar surface area (TPSA) is 103 Å². The number of piperidine rings is 1. The van der Waals surface area contributed by atoms with Gasteiger partial charge < -0.3 is 14.9 Å². The van der Waals surface area contributed by atoms with Gasteiger partial charge in [0.1, 0.15) is 11.5 Å². The molecule has 1 fully saturated rings. The van der Waals surface area contributed by atoms with Gasteiger partial charge in [0.15, 0.2) is 0 Å². The van der Waals surface area contributed by atoms with Crippen LogP contribution in [-0.2, 0) is 4.79 Å². The van der Waals surface area contributed by atoms with Crippen molar-refractivity contribution in [1.82, 2.24) is 14.8 Å². The Hall–Kier alpha value is -2.68. The molecule has 1 aliphatic rings. The maximum absolute atomic E-state index is 11.2. The monoisotopic (exact) mass is 363 g/mol. The summed E-state index contributed by atoms with van der Waals surface area (Å²) >= 11 is 0. The van der Waals surface area contributed by atoms with E-state index in [0.29, 0.717) is 24.6 Å². The molecule has 0 aromatic carbocycles. The second-order valence-electron chi connectivity index (χ2n) is 6.62. The van der Waals surface area contributed by atoms with E-state index >= 15 is 0 Å². The lowest BCUT2D eigenvalue weighted by molar-refractivity contribution is -0.385. The Morgan fingerprint density at radius 1 is 1.38 bits per heavy atom. The summed E-state index contributed by atoms with van der Waals surface area (Å²) in [7, 11) is 5.59. The van der Waals surface area contributed by atoms with Gasteiger partial charge in [0.2, 0.25) is 0 Å². The molecule has 0 spiro atoms. The molecule has 142 valence electrons. The minimum Gasteiger partial charge on any atom is -0.480 e. The number of carboxylic acids is 1. The van der Waals surface area contributed by atoms with Crippen molar-refractivity contribution in [2.45, 2.75) is 18.9 Å². The first kappa shape index (κ1) is 19.6. The molecule has 0 saturated carbocycles. The molecule has 1 saturated heterocycles.